The molecule has 3 aromatic rings. The molecule has 2 aromatic carbocycles. The minimum atomic E-state index is 0.187. The fraction of sp³-hybridized carbons (Fsp3) is 0.381. The van der Waals surface area contributed by atoms with E-state index in [1.54, 1.807) is 0 Å². The van der Waals surface area contributed by atoms with E-state index in [1.807, 2.05) is 6.07 Å². The van der Waals surface area contributed by atoms with E-state index in [4.69, 9.17) is 0 Å². The zero-order chi connectivity index (χ0) is 16.5. The predicted octanol–water partition coefficient (Wildman–Crippen LogP) is 5.33. The van der Waals surface area contributed by atoms with E-state index < -0.39 is 0 Å². The molecular formula is C21H24N2O. The number of amides is 1. The second-order valence-electron chi connectivity index (χ2n) is 6.82. The molecule has 3 nitrogen and oxygen atoms in total. The average Bonchev–Trinajstić information content (AvgIpc) is 2.95. The molecule has 1 saturated carbocycles. The lowest BCUT2D eigenvalue weighted by molar-refractivity contribution is -0.120. The number of aryl methyl sites for hydroxylation is 1. The molecule has 24 heavy (non-hydrogen) atoms. The summed E-state index contributed by atoms with van der Waals surface area (Å²) in [4.78, 5) is 12.5. The first-order chi connectivity index (χ1) is 11.8. The molecule has 0 radical (unpaired) electrons. The first kappa shape index (κ1) is 15.3. The van der Waals surface area contributed by atoms with E-state index in [2.05, 4.69) is 53.2 Å². The first-order valence-electron chi connectivity index (χ1n) is 9.10. The molecule has 1 aromatic heterocycles. The molecule has 1 N–H and O–H groups in total. The maximum absolute atomic E-state index is 12.5. The summed E-state index contributed by atoms with van der Waals surface area (Å²) in [6.07, 6.45) is 5.70. The van der Waals surface area contributed by atoms with Crippen LogP contribution in [0.2, 0.25) is 0 Å². The lowest BCUT2D eigenvalue weighted by Crippen LogP contribution is -2.24. The normalized spacial score (nSPS) is 15.9. The van der Waals surface area contributed by atoms with Crippen LogP contribution in [-0.4, -0.2) is 10.5 Å². The van der Waals surface area contributed by atoms with Crippen molar-refractivity contribution in [3.05, 3.63) is 42.5 Å². The molecule has 0 unspecified atom stereocenters. The van der Waals surface area contributed by atoms with Gasteiger partial charge in [0.1, 0.15) is 0 Å². The van der Waals surface area contributed by atoms with Gasteiger partial charge in [0.05, 0.1) is 0 Å². The fourth-order valence-corrected chi connectivity index (χ4v) is 4.08. The minimum Gasteiger partial charge on any atom is -0.341 e. The summed E-state index contributed by atoms with van der Waals surface area (Å²) < 4.78 is 2.33. The van der Waals surface area contributed by atoms with E-state index in [-0.39, 0.29) is 11.8 Å². The zero-order valence-corrected chi connectivity index (χ0v) is 14.2. The number of anilines is 1. The minimum absolute atomic E-state index is 0.187. The summed E-state index contributed by atoms with van der Waals surface area (Å²) in [6, 6.07) is 14.8. The maximum atomic E-state index is 12.5. The number of carbonyl (C=O) groups is 1. The standard InChI is InChI=1S/C21H24N2O/c1-2-23-19-11-7-6-10-17(19)18-14-16(12-13-20(18)23)22-21(24)15-8-4-3-5-9-15/h6-7,10-15H,2-5,8-9H2,1H3,(H,22,24). The van der Waals surface area contributed by atoms with Gasteiger partial charge in [-0.25, -0.2) is 0 Å². The van der Waals surface area contributed by atoms with Crippen LogP contribution < -0.4 is 5.32 Å². The highest BCUT2D eigenvalue weighted by atomic mass is 16.1. The highest BCUT2D eigenvalue weighted by Gasteiger charge is 2.21. The summed E-state index contributed by atoms with van der Waals surface area (Å²) in [5.41, 5.74) is 3.40. The monoisotopic (exact) mass is 320 g/mol. The highest BCUT2D eigenvalue weighted by Crippen LogP contribution is 2.31. The topological polar surface area (TPSA) is 34.0 Å². The lowest BCUT2D eigenvalue weighted by atomic mass is 9.88. The van der Waals surface area contributed by atoms with E-state index in [0.717, 1.165) is 25.1 Å². The molecular weight excluding hydrogens is 296 g/mol. The number of para-hydroxylation sites is 1. The molecule has 4 rings (SSSR count). The van der Waals surface area contributed by atoms with Gasteiger partial charge < -0.3 is 9.88 Å². The van der Waals surface area contributed by atoms with Crippen molar-refractivity contribution < 1.29 is 4.79 Å². The summed E-state index contributed by atoms with van der Waals surface area (Å²) >= 11 is 0. The zero-order valence-electron chi connectivity index (χ0n) is 14.2. The number of nitrogens with one attached hydrogen (secondary N) is 1. The second-order valence-corrected chi connectivity index (χ2v) is 6.82. The molecule has 1 fully saturated rings. The Hall–Kier alpha value is -2.29. The molecule has 0 atom stereocenters. The molecule has 0 aliphatic heterocycles. The summed E-state index contributed by atoms with van der Waals surface area (Å²) in [5, 5.41) is 5.62. The highest BCUT2D eigenvalue weighted by molar-refractivity contribution is 6.09. The summed E-state index contributed by atoms with van der Waals surface area (Å²) in [7, 11) is 0. The summed E-state index contributed by atoms with van der Waals surface area (Å²) in [6.45, 7) is 3.11. The summed E-state index contributed by atoms with van der Waals surface area (Å²) in [5.74, 6) is 0.375. The smallest absolute Gasteiger partial charge is 0.227 e. The Morgan fingerprint density at radius 1 is 1.04 bits per heavy atom. The van der Waals surface area contributed by atoms with Gasteiger partial charge in [-0.1, -0.05) is 37.5 Å². The Labute approximate surface area is 142 Å². The van der Waals surface area contributed by atoms with Gasteiger partial charge in [0.2, 0.25) is 5.91 Å². The number of rotatable bonds is 3. The SMILES string of the molecule is CCn1c2ccccc2c2cc(NC(=O)C3CCCCC3)ccc21. The van der Waals surface area contributed by atoms with Crippen molar-refractivity contribution in [2.45, 2.75) is 45.6 Å². The molecule has 0 saturated heterocycles. The van der Waals surface area contributed by atoms with Crippen LogP contribution in [0.3, 0.4) is 0 Å². The van der Waals surface area contributed by atoms with Crippen LogP contribution in [0.25, 0.3) is 21.8 Å². The van der Waals surface area contributed by atoms with Gasteiger partial charge in [0.25, 0.3) is 0 Å². The number of nitrogens with zero attached hydrogens (tertiary/aromatic N) is 1. The first-order valence-corrected chi connectivity index (χ1v) is 9.10. The molecule has 3 heteroatoms. The quantitative estimate of drug-likeness (QED) is 0.695. The van der Waals surface area contributed by atoms with Crippen molar-refractivity contribution in [3.8, 4) is 0 Å². The molecule has 1 heterocycles. The third-order valence-corrected chi connectivity index (χ3v) is 5.33. The molecule has 1 aliphatic rings. The number of aromatic nitrogens is 1. The number of carbonyl (C=O) groups excluding carboxylic acids is 1. The van der Waals surface area contributed by atoms with Gasteiger partial charge in [0, 0.05) is 40.0 Å². The molecule has 1 amide bonds. The van der Waals surface area contributed by atoms with Crippen molar-refractivity contribution >= 4 is 33.4 Å². The van der Waals surface area contributed by atoms with E-state index in [9.17, 15) is 4.79 Å². The molecule has 124 valence electrons. The Morgan fingerprint density at radius 3 is 2.58 bits per heavy atom. The van der Waals surface area contributed by atoms with Crippen LogP contribution in [0.5, 0.6) is 0 Å². The largest absolute Gasteiger partial charge is 0.341 e. The Morgan fingerprint density at radius 2 is 1.79 bits per heavy atom. The number of hydrogen-bond donors (Lipinski definition) is 1. The van der Waals surface area contributed by atoms with Crippen molar-refractivity contribution in [2.24, 2.45) is 5.92 Å². The van der Waals surface area contributed by atoms with Gasteiger partial charge in [-0.05, 0) is 44.0 Å². The molecule has 0 bridgehead atoms. The van der Waals surface area contributed by atoms with Gasteiger partial charge >= 0.3 is 0 Å². The Kier molecular flexibility index (Phi) is 4.01. The molecule has 1 aliphatic carbocycles. The van der Waals surface area contributed by atoms with Crippen molar-refractivity contribution in [2.75, 3.05) is 5.32 Å². The number of benzene rings is 2. The maximum Gasteiger partial charge on any atom is 0.227 e. The van der Waals surface area contributed by atoms with E-state index in [0.29, 0.717) is 0 Å². The van der Waals surface area contributed by atoms with Crippen molar-refractivity contribution in [1.29, 1.82) is 0 Å². The number of fused-ring (bicyclic) bond motifs is 3. The van der Waals surface area contributed by atoms with Crippen LogP contribution in [0.4, 0.5) is 5.69 Å². The Balaban J connectivity index is 1.70. The van der Waals surface area contributed by atoms with Crippen LogP contribution in [0.1, 0.15) is 39.0 Å². The van der Waals surface area contributed by atoms with Crippen LogP contribution in [-0.2, 0) is 11.3 Å². The lowest BCUT2D eigenvalue weighted by Gasteiger charge is -2.20. The van der Waals surface area contributed by atoms with E-state index in [1.165, 1.54) is 41.1 Å². The average molecular weight is 320 g/mol. The van der Waals surface area contributed by atoms with Gasteiger partial charge in [-0.3, -0.25) is 4.79 Å². The predicted molar refractivity (Wildman–Crippen MR) is 100 cm³/mol. The third kappa shape index (κ3) is 2.58. The van der Waals surface area contributed by atoms with Crippen LogP contribution in [0, 0.1) is 5.92 Å². The van der Waals surface area contributed by atoms with Gasteiger partial charge in [-0.2, -0.15) is 0 Å². The van der Waals surface area contributed by atoms with Gasteiger partial charge in [0.15, 0.2) is 0 Å². The van der Waals surface area contributed by atoms with Crippen LogP contribution >= 0.6 is 0 Å². The number of hydrogen-bond acceptors (Lipinski definition) is 1. The molecule has 0 spiro atoms. The van der Waals surface area contributed by atoms with E-state index >= 15 is 0 Å². The Bertz CT molecular complexity index is 887. The van der Waals surface area contributed by atoms with Crippen molar-refractivity contribution in [1.82, 2.24) is 4.57 Å². The van der Waals surface area contributed by atoms with Crippen LogP contribution in [0.15, 0.2) is 42.5 Å². The van der Waals surface area contributed by atoms with Gasteiger partial charge in [-0.15, -0.1) is 0 Å². The fourth-order valence-electron chi connectivity index (χ4n) is 4.08. The second kappa shape index (κ2) is 6.31. The van der Waals surface area contributed by atoms with Crippen molar-refractivity contribution in [3.63, 3.8) is 0 Å². The third-order valence-electron chi connectivity index (χ3n) is 5.33.